The predicted molar refractivity (Wildman–Crippen MR) is 121 cm³/mol. The number of aliphatic hydroxyl groups is 1. The molecule has 0 aromatic heterocycles. The van der Waals surface area contributed by atoms with Gasteiger partial charge in [0.2, 0.25) is 11.6 Å². The number of fused-ring (bicyclic) bond motifs is 1. The smallest absolute Gasteiger partial charge is 0.321 e. The van der Waals surface area contributed by atoms with Crippen molar-refractivity contribution in [2.45, 2.75) is 71.1 Å². The van der Waals surface area contributed by atoms with Crippen LogP contribution in [0.5, 0.6) is 5.75 Å². The number of ether oxygens (including phenoxy) is 1. The van der Waals surface area contributed by atoms with Gasteiger partial charge < -0.3 is 9.84 Å². The standard InChI is InChI=1S/C24H32O5S/c1-2-3-4-5-6-7-8-9-10-11-14-30-17-22(26)29-18-12-13-19-20(15-18)24(28)21(16-25)23(19)27/h12-13,15-16,25H,2-11,14,17H2,1H3/b21-16-. The highest BCUT2D eigenvalue weighted by molar-refractivity contribution is 7.99. The highest BCUT2D eigenvalue weighted by atomic mass is 32.2. The van der Waals surface area contributed by atoms with Gasteiger partial charge in [-0.3, -0.25) is 14.4 Å². The molecule has 164 valence electrons. The van der Waals surface area contributed by atoms with E-state index in [9.17, 15) is 14.4 Å². The van der Waals surface area contributed by atoms with Gasteiger partial charge in [-0.15, -0.1) is 0 Å². The molecule has 0 fully saturated rings. The van der Waals surface area contributed by atoms with Crippen LogP contribution in [0.25, 0.3) is 0 Å². The van der Waals surface area contributed by atoms with Crippen LogP contribution in [-0.2, 0) is 4.79 Å². The first-order chi connectivity index (χ1) is 14.6. The number of benzene rings is 1. The van der Waals surface area contributed by atoms with E-state index in [0.717, 1.165) is 12.2 Å². The van der Waals surface area contributed by atoms with Gasteiger partial charge in [0.15, 0.2) is 0 Å². The molecule has 1 N–H and O–H groups in total. The van der Waals surface area contributed by atoms with Crippen LogP contribution in [0.15, 0.2) is 30.0 Å². The zero-order chi connectivity index (χ0) is 21.8. The number of esters is 1. The van der Waals surface area contributed by atoms with E-state index in [1.807, 2.05) is 0 Å². The van der Waals surface area contributed by atoms with E-state index < -0.39 is 11.6 Å². The summed E-state index contributed by atoms with van der Waals surface area (Å²) in [5.74, 6) is -0.0233. The lowest BCUT2D eigenvalue weighted by atomic mass is 10.1. The monoisotopic (exact) mass is 432 g/mol. The average molecular weight is 433 g/mol. The zero-order valence-electron chi connectivity index (χ0n) is 17.8. The molecule has 0 saturated carbocycles. The molecular weight excluding hydrogens is 400 g/mol. The molecule has 0 unspecified atom stereocenters. The summed E-state index contributed by atoms with van der Waals surface area (Å²) < 4.78 is 5.29. The summed E-state index contributed by atoms with van der Waals surface area (Å²) in [6.07, 6.45) is 13.4. The molecular formula is C24H32O5S. The summed E-state index contributed by atoms with van der Waals surface area (Å²) in [7, 11) is 0. The van der Waals surface area contributed by atoms with E-state index in [1.54, 1.807) is 11.8 Å². The average Bonchev–Trinajstić information content (AvgIpc) is 2.98. The van der Waals surface area contributed by atoms with Crippen molar-refractivity contribution in [3.05, 3.63) is 41.2 Å². The van der Waals surface area contributed by atoms with E-state index in [-0.39, 0.29) is 34.2 Å². The number of Topliss-reactive ketones (excluding diaryl/α,β-unsaturated/α-hetero) is 2. The maximum absolute atomic E-state index is 12.1. The molecule has 0 spiro atoms. The number of aliphatic hydroxyl groups excluding tert-OH is 1. The third-order valence-electron chi connectivity index (χ3n) is 5.19. The van der Waals surface area contributed by atoms with Crippen LogP contribution in [0, 0.1) is 0 Å². The van der Waals surface area contributed by atoms with E-state index in [1.165, 1.54) is 76.0 Å². The van der Waals surface area contributed by atoms with Crippen molar-refractivity contribution in [1.82, 2.24) is 0 Å². The molecule has 0 amide bonds. The predicted octanol–water partition coefficient (Wildman–Crippen LogP) is 6.07. The van der Waals surface area contributed by atoms with E-state index in [4.69, 9.17) is 9.84 Å². The summed E-state index contributed by atoms with van der Waals surface area (Å²) in [6.45, 7) is 2.24. The first-order valence-electron chi connectivity index (χ1n) is 10.9. The van der Waals surface area contributed by atoms with Gasteiger partial charge in [-0.05, 0) is 30.4 Å². The Balaban J connectivity index is 1.58. The quantitative estimate of drug-likeness (QED) is 0.0960. The number of ketones is 2. The topological polar surface area (TPSA) is 80.7 Å². The molecule has 6 heteroatoms. The Morgan fingerprint density at radius 2 is 1.53 bits per heavy atom. The molecule has 0 saturated heterocycles. The van der Waals surface area contributed by atoms with Crippen molar-refractivity contribution in [1.29, 1.82) is 0 Å². The van der Waals surface area contributed by atoms with E-state index in [0.29, 0.717) is 6.26 Å². The second-order valence-corrected chi connectivity index (χ2v) is 8.72. The molecule has 5 nitrogen and oxygen atoms in total. The highest BCUT2D eigenvalue weighted by Crippen LogP contribution is 2.29. The van der Waals surface area contributed by atoms with Gasteiger partial charge in [0.05, 0.1) is 12.0 Å². The van der Waals surface area contributed by atoms with Crippen LogP contribution in [0.2, 0.25) is 0 Å². The second kappa shape index (κ2) is 13.3. The molecule has 0 radical (unpaired) electrons. The van der Waals surface area contributed by atoms with Crippen molar-refractivity contribution in [2.75, 3.05) is 11.5 Å². The second-order valence-electron chi connectivity index (χ2n) is 7.62. The van der Waals surface area contributed by atoms with Crippen molar-refractivity contribution >= 4 is 29.3 Å². The Bertz CT molecular complexity index is 769. The van der Waals surface area contributed by atoms with Gasteiger partial charge in [0, 0.05) is 11.1 Å². The maximum Gasteiger partial charge on any atom is 0.321 e. The number of hydrogen-bond donors (Lipinski definition) is 1. The van der Waals surface area contributed by atoms with Gasteiger partial charge >= 0.3 is 5.97 Å². The highest BCUT2D eigenvalue weighted by Gasteiger charge is 2.33. The normalized spacial score (nSPS) is 14.4. The Kier molecular flexibility index (Phi) is 10.7. The molecule has 0 atom stereocenters. The van der Waals surface area contributed by atoms with Gasteiger partial charge in [0.25, 0.3) is 0 Å². The summed E-state index contributed by atoms with van der Waals surface area (Å²) in [5.41, 5.74) is 0.111. The number of carbonyl (C=O) groups is 3. The van der Waals surface area contributed by atoms with Gasteiger partial charge in [-0.25, -0.2) is 0 Å². The lowest BCUT2D eigenvalue weighted by Gasteiger charge is -2.06. The lowest BCUT2D eigenvalue weighted by molar-refractivity contribution is -0.131. The van der Waals surface area contributed by atoms with Crippen LogP contribution in [-0.4, -0.2) is 34.1 Å². The summed E-state index contributed by atoms with van der Waals surface area (Å²) in [4.78, 5) is 36.0. The van der Waals surface area contributed by atoms with Gasteiger partial charge in [-0.1, -0.05) is 64.7 Å². The minimum atomic E-state index is -0.550. The SMILES string of the molecule is CCCCCCCCCCCCSCC(=O)Oc1ccc2c(c1)C(=O)/C(=C\O)C2=O. The molecule has 30 heavy (non-hydrogen) atoms. The lowest BCUT2D eigenvalue weighted by Crippen LogP contribution is -2.11. The third-order valence-corrected chi connectivity index (χ3v) is 6.21. The van der Waals surface area contributed by atoms with E-state index >= 15 is 0 Å². The van der Waals surface area contributed by atoms with Crippen LogP contribution in [0.1, 0.15) is 91.8 Å². The molecule has 1 aliphatic rings. The van der Waals surface area contributed by atoms with Gasteiger partial charge in [-0.2, -0.15) is 11.8 Å². The molecule has 0 heterocycles. The molecule has 0 bridgehead atoms. The number of carbonyl (C=O) groups excluding carboxylic acids is 3. The van der Waals surface area contributed by atoms with Crippen LogP contribution in [0.3, 0.4) is 0 Å². The summed E-state index contributed by atoms with van der Waals surface area (Å²) in [6, 6.07) is 4.33. The molecule has 1 aromatic carbocycles. The third kappa shape index (κ3) is 7.31. The summed E-state index contributed by atoms with van der Waals surface area (Å²) in [5, 5.41) is 9.04. The Morgan fingerprint density at radius 3 is 2.17 bits per heavy atom. The first-order valence-corrected chi connectivity index (χ1v) is 12.1. The van der Waals surface area contributed by atoms with E-state index in [2.05, 4.69) is 6.92 Å². The number of hydrogen-bond acceptors (Lipinski definition) is 6. The van der Waals surface area contributed by atoms with Crippen molar-refractivity contribution in [3.63, 3.8) is 0 Å². The van der Waals surface area contributed by atoms with Crippen LogP contribution >= 0.6 is 11.8 Å². The zero-order valence-corrected chi connectivity index (χ0v) is 18.6. The van der Waals surface area contributed by atoms with Crippen LogP contribution in [0.4, 0.5) is 0 Å². The number of allylic oxidation sites excluding steroid dienone is 1. The number of unbranched alkanes of at least 4 members (excludes halogenated alkanes) is 9. The van der Waals surface area contributed by atoms with Crippen molar-refractivity contribution in [3.8, 4) is 5.75 Å². The van der Waals surface area contributed by atoms with Crippen molar-refractivity contribution < 1.29 is 24.2 Å². The maximum atomic E-state index is 12.1. The molecule has 1 aromatic rings. The minimum absolute atomic E-state index is 0.156. The largest absolute Gasteiger partial charge is 0.515 e. The molecule has 1 aliphatic carbocycles. The molecule has 0 aliphatic heterocycles. The Morgan fingerprint density at radius 1 is 0.933 bits per heavy atom. The number of rotatable bonds is 14. The summed E-state index contributed by atoms with van der Waals surface area (Å²) >= 11 is 1.55. The van der Waals surface area contributed by atoms with Crippen molar-refractivity contribution in [2.24, 2.45) is 0 Å². The number of thioether (sulfide) groups is 1. The fourth-order valence-electron chi connectivity index (χ4n) is 3.49. The fourth-order valence-corrected chi connectivity index (χ4v) is 4.27. The minimum Gasteiger partial charge on any atom is -0.515 e. The van der Waals surface area contributed by atoms with Gasteiger partial charge in [0.1, 0.15) is 11.3 Å². The first kappa shape index (κ1) is 24.2. The fraction of sp³-hybridized carbons (Fsp3) is 0.542. The Labute approximate surface area is 183 Å². The Hall–Kier alpha value is -2.08. The molecule has 2 rings (SSSR count). The van der Waals surface area contributed by atoms with Crippen LogP contribution < -0.4 is 4.74 Å².